The van der Waals surface area contributed by atoms with E-state index in [1.54, 1.807) is 7.05 Å². The fourth-order valence-electron chi connectivity index (χ4n) is 5.09. The van der Waals surface area contributed by atoms with Crippen molar-refractivity contribution in [2.24, 2.45) is 0 Å². The van der Waals surface area contributed by atoms with Crippen LogP contribution in [0.4, 0.5) is 16.2 Å². The molecule has 3 aromatic rings. The summed E-state index contributed by atoms with van der Waals surface area (Å²) in [5.41, 5.74) is 7.20. The van der Waals surface area contributed by atoms with Gasteiger partial charge in [0.2, 0.25) is 0 Å². The van der Waals surface area contributed by atoms with Crippen LogP contribution in [0.3, 0.4) is 0 Å². The lowest BCUT2D eigenvalue weighted by molar-refractivity contribution is -0.139. The lowest BCUT2D eigenvalue weighted by atomic mass is 9.98. The fraction of sp³-hybridized carbons (Fsp3) is 0.310. The van der Waals surface area contributed by atoms with Crippen LogP contribution in [-0.4, -0.2) is 59.0 Å². The van der Waals surface area contributed by atoms with Crippen LogP contribution in [0.2, 0.25) is 0 Å². The van der Waals surface area contributed by atoms with Crippen molar-refractivity contribution in [2.75, 3.05) is 56.7 Å². The number of benzene rings is 3. The second-order valence-corrected chi connectivity index (χ2v) is 9.21. The topological polar surface area (TPSA) is 71.1 Å². The molecule has 7 nitrogen and oxygen atoms in total. The third-order valence-corrected chi connectivity index (χ3v) is 7.02. The van der Waals surface area contributed by atoms with Crippen LogP contribution in [0.25, 0.3) is 11.1 Å². The third kappa shape index (κ3) is 4.79. The second kappa shape index (κ2) is 10.4. The maximum absolute atomic E-state index is 13.2. The second-order valence-electron chi connectivity index (χ2n) is 9.21. The minimum atomic E-state index is -0.432. The van der Waals surface area contributed by atoms with Crippen molar-refractivity contribution in [2.45, 2.75) is 12.3 Å². The normalized spacial score (nSPS) is 14.7. The summed E-state index contributed by atoms with van der Waals surface area (Å²) in [6.07, 6.45) is -0.291. The molecule has 36 heavy (non-hydrogen) atoms. The number of ether oxygens (including phenoxy) is 2. The standard InChI is InChI=1S/C29H31N3O4/c1-31(21-15-20(17-28(33)35-2)16-22(18-21)32-13-11-30-12-14-32)29(34)36-19-27-25-9-5-3-7-23(25)24-8-4-6-10-26(24)27/h3-10,15-16,18,27,30H,11-14,17,19H2,1-2H3. The minimum absolute atomic E-state index is 0.00294. The van der Waals surface area contributed by atoms with Crippen LogP contribution in [0.5, 0.6) is 0 Å². The van der Waals surface area contributed by atoms with Crippen LogP contribution < -0.4 is 15.1 Å². The Morgan fingerprint density at radius 1 is 0.972 bits per heavy atom. The Morgan fingerprint density at radius 2 is 1.61 bits per heavy atom. The van der Waals surface area contributed by atoms with Gasteiger partial charge in [0, 0.05) is 50.5 Å². The van der Waals surface area contributed by atoms with Gasteiger partial charge in [0.05, 0.1) is 13.5 Å². The number of nitrogens with one attached hydrogen (secondary N) is 1. The summed E-state index contributed by atoms with van der Waals surface area (Å²) < 4.78 is 10.7. The Kier molecular flexibility index (Phi) is 6.91. The molecular formula is C29H31N3O4. The zero-order valence-electron chi connectivity index (χ0n) is 20.7. The molecule has 1 saturated heterocycles. The van der Waals surface area contributed by atoms with Gasteiger partial charge in [0.15, 0.2) is 0 Å². The molecule has 1 amide bonds. The molecule has 0 bridgehead atoms. The molecule has 2 aliphatic rings. The maximum Gasteiger partial charge on any atom is 0.414 e. The van der Waals surface area contributed by atoms with Gasteiger partial charge in [-0.15, -0.1) is 0 Å². The van der Waals surface area contributed by atoms with Crippen molar-refractivity contribution in [3.05, 3.63) is 83.4 Å². The highest BCUT2D eigenvalue weighted by molar-refractivity contribution is 5.89. The molecule has 7 heteroatoms. The molecule has 0 radical (unpaired) electrons. The van der Waals surface area contributed by atoms with Crippen molar-refractivity contribution >= 4 is 23.4 Å². The summed E-state index contributed by atoms with van der Waals surface area (Å²) in [6, 6.07) is 22.4. The summed E-state index contributed by atoms with van der Waals surface area (Å²) in [5, 5.41) is 3.35. The SMILES string of the molecule is COC(=O)Cc1cc(N2CCNCC2)cc(N(C)C(=O)OCC2c3ccccc3-c3ccccc32)c1. The van der Waals surface area contributed by atoms with E-state index in [4.69, 9.17) is 9.47 Å². The number of methoxy groups -OCH3 is 1. The molecule has 1 heterocycles. The summed E-state index contributed by atoms with van der Waals surface area (Å²) in [6.45, 7) is 3.74. The number of carbonyl (C=O) groups excluding carboxylic acids is 2. The van der Waals surface area contributed by atoms with E-state index in [1.165, 1.54) is 34.3 Å². The van der Waals surface area contributed by atoms with Crippen molar-refractivity contribution in [3.63, 3.8) is 0 Å². The molecule has 1 fully saturated rings. The van der Waals surface area contributed by atoms with Gasteiger partial charge in [0.1, 0.15) is 6.61 Å². The molecule has 1 aliphatic carbocycles. The van der Waals surface area contributed by atoms with Crippen LogP contribution >= 0.6 is 0 Å². The molecular weight excluding hydrogens is 454 g/mol. The third-order valence-electron chi connectivity index (χ3n) is 7.02. The Labute approximate surface area is 211 Å². The molecule has 0 unspecified atom stereocenters. The van der Waals surface area contributed by atoms with E-state index in [0.29, 0.717) is 5.69 Å². The number of amides is 1. The zero-order chi connectivity index (χ0) is 25.1. The van der Waals surface area contributed by atoms with Gasteiger partial charge in [-0.1, -0.05) is 48.5 Å². The van der Waals surface area contributed by atoms with Gasteiger partial charge in [0.25, 0.3) is 0 Å². The number of esters is 1. The first-order chi connectivity index (χ1) is 17.5. The van der Waals surface area contributed by atoms with Gasteiger partial charge in [-0.2, -0.15) is 0 Å². The van der Waals surface area contributed by atoms with Gasteiger partial charge in [-0.3, -0.25) is 9.69 Å². The Bertz CT molecular complexity index is 1220. The number of hydrogen-bond donors (Lipinski definition) is 1. The molecule has 0 atom stereocenters. The van der Waals surface area contributed by atoms with Gasteiger partial charge in [-0.25, -0.2) is 4.79 Å². The molecule has 1 aliphatic heterocycles. The summed E-state index contributed by atoms with van der Waals surface area (Å²) in [4.78, 5) is 28.9. The molecule has 0 saturated carbocycles. The molecule has 3 aromatic carbocycles. The van der Waals surface area contributed by atoms with Crippen molar-refractivity contribution in [1.82, 2.24) is 5.32 Å². The maximum atomic E-state index is 13.2. The molecule has 1 N–H and O–H groups in total. The number of hydrogen-bond acceptors (Lipinski definition) is 6. The monoisotopic (exact) mass is 485 g/mol. The first-order valence-corrected chi connectivity index (χ1v) is 12.3. The first kappa shape index (κ1) is 23.9. The van der Waals surface area contributed by atoms with Crippen molar-refractivity contribution in [3.8, 4) is 11.1 Å². The van der Waals surface area contributed by atoms with Crippen LogP contribution in [0.15, 0.2) is 66.7 Å². The average Bonchev–Trinajstić information content (AvgIpc) is 3.25. The van der Waals surface area contributed by atoms with E-state index in [0.717, 1.165) is 37.4 Å². The predicted molar refractivity (Wildman–Crippen MR) is 141 cm³/mol. The van der Waals surface area contributed by atoms with E-state index in [1.807, 2.05) is 42.5 Å². The lowest BCUT2D eigenvalue weighted by Gasteiger charge is -2.31. The Hall–Kier alpha value is -3.84. The van der Waals surface area contributed by atoms with Crippen molar-refractivity contribution < 1.29 is 19.1 Å². The predicted octanol–water partition coefficient (Wildman–Crippen LogP) is 4.20. The summed E-state index contributed by atoms with van der Waals surface area (Å²) >= 11 is 0. The zero-order valence-corrected chi connectivity index (χ0v) is 20.7. The number of rotatable bonds is 6. The smallest absolute Gasteiger partial charge is 0.414 e. The van der Waals surface area contributed by atoms with Crippen LogP contribution in [-0.2, 0) is 20.7 Å². The van der Waals surface area contributed by atoms with Crippen LogP contribution in [0, 0.1) is 0 Å². The molecule has 186 valence electrons. The van der Waals surface area contributed by atoms with E-state index >= 15 is 0 Å². The molecule has 5 rings (SSSR count). The highest BCUT2D eigenvalue weighted by atomic mass is 16.6. The number of nitrogens with zero attached hydrogens (tertiary/aromatic N) is 2. The summed E-state index contributed by atoms with van der Waals surface area (Å²) in [7, 11) is 3.09. The van der Waals surface area contributed by atoms with Crippen LogP contribution in [0.1, 0.15) is 22.6 Å². The lowest BCUT2D eigenvalue weighted by Crippen LogP contribution is -2.43. The molecule has 0 aromatic heterocycles. The van der Waals surface area contributed by atoms with E-state index < -0.39 is 6.09 Å². The van der Waals surface area contributed by atoms with E-state index in [-0.39, 0.29) is 24.9 Å². The Morgan fingerprint density at radius 3 is 2.25 bits per heavy atom. The highest BCUT2D eigenvalue weighted by Crippen LogP contribution is 2.44. The number of carbonyl (C=O) groups is 2. The summed E-state index contributed by atoms with van der Waals surface area (Å²) in [5.74, 6) is -0.320. The highest BCUT2D eigenvalue weighted by Gasteiger charge is 2.29. The van der Waals surface area contributed by atoms with Gasteiger partial charge >= 0.3 is 12.1 Å². The quantitative estimate of drug-likeness (QED) is 0.528. The number of fused-ring (bicyclic) bond motifs is 3. The van der Waals surface area contributed by atoms with E-state index in [9.17, 15) is 9.59 Å². The van der Waals surface area contributed by atoms with Gasteiger partial charge < -0.3 is 19.7 Å². The fourth-order valence-corrected chi connectivity index (χ4v) is 5.09. The first-order valence-electron chi connectivity index (χ1n) is 12.3. The average molecular weight is 486 g/mol. The number of piperazine rings is 1. The van der Waals surface area contributed by atoms with Gasteiger partial charge in [-0.05, 0) is 46.0 Å². The van der Waals surface area contributed by atoms with E-state index in [2.05, 4.69) is 34.5 Å². The largest absolute Gasteiger partial charge is 0.469 e. The van der Waals surface area contributed by atoms with Crippen molar-refractivity contribution in [1.29, 1.82) is 0 Å². The molecule has 0 spiro atoms. The Balaban J connectivity index is 1.35. The minimum Gasteiger partial charge on any atom is -0.469 e. The number of anilines is 2.